The van der Waals surface area contributed by atoms with Crippen LogP contribution < -0.4 is 0 Å². The lowest BCUT2D eigenvalue weighted by molar-refractivity contribution is 1.08. The van der Waals surface area contributed by atoms with Crippen molar-refractivity contribution in [2.45, 2.75) is 0 Å². The molecule has 0 unspecified atom stereocenters. The van der Waals surface area contributed by atoms with Gasteiger partial charge in [0.2, 0.25) is 0 Å². The minimum atomic E-state index is 0.638. The molecule has 0 bridgehead atoms. The van der Waals surface area contributed by atoms with Crippen molar-refractivity contribution in [1.82, 2.24) is 24.1 Å². The largest absolute Gasteiger partial charge is 0.309 e. The Morgan fingerprint density at radius 1 is 0.297 bits per heavy atom. The molecule has 64 heavy (non-hydrogen) atoms. The van der Waals surface area contributed by atoms with E-state index in [0.29, 0.717) is 17.5 Å². The molecule has 14 rings (SSSR count). The zero-order chi connectivity index (χ0) is 41.9. The van der Waals surface area contributed by atoms with Crippen molar-refractivity contribution in [3.05, 3.63) is 200 Å². The van der Waals surface area contributed by atoms with E-state index in [1.54, 1.807) is 22.7 Å². The van der Waals surface area contributed by atoms with Crippen LogP contribution in [0.2, 0.25) is 0 Å². The maximum absolute atomic E-state index is 5.32. The molecule has 5 heterocycles. The number of nitrogens with zero attached hydrogens (tertiary/aromatic N) is 5. The molecule has 0 spiro atoms. The van der Waals surface area contributed by atoms with Gasteiger partial charge in [-0.1, -0.05) is 115 Å². The van der Waals surface area contributed by atoms with Crippen molar-refractivity contribution in [3.63, 3.8) is 0 Å². The van der Waals surface area contributed by atoms with E-state index in [0.717, 1.165) is 39.1 Å². The topological polar surface area (TPSA) is 48.5 Å². The van der Waals surface area contributed by atoms with Gasteiger partial charge < -0.3 is 9.13 Å². The van der Waals surface area contributed by atoms with Gasteiger partial charge in [-0.3, -0.25) is 0 Å². The first kappa shape index (κ1) is 35.6. The number of para-hydroxylation sites is 3. The number of fused-ring (bicyclic) bond motifs is 12. The maximum atomic E-state index is 5.32. The van der Waals surface area contributed by atoms with Gasteiger partial charge in [0.15, 0.2) is 17.5 Å². The summed E-state index contributed by atoms with van der Waals surface area (Å²) in [5, 5.41) is 9.85. The lowest BCUT2D eigenvalue weighted by Gasteiger charge is -2.12. The van der Waals surface area contributed by atoms with Crippen LogP contribution in [0.15, 0.2) is 200 Å². The Morgan fingerprint density at radius 3 is 1.28 bits per heavy atom. The molecule has 0 fully saturated rings. The summed E-state index contributed by atoms with van der Waals surface area (Å²) in [6.45, 7) is 0. The van der Waals surface area contributed by atoms with Gasteiger partial charge in [-0.15, -0.1) is 22.7 Å². The summed E-state index contributed by atoms with van der Waals surface area (Å²) in [4.78, 5) is 15.9. The van der Waals surface area contributed by atoms with Crippen molar-refractivity contribution in [2.24, 2.45) is 0 Å². The normalized spacial score (nSPS) is 12.1. The van der Waals surface area contributed by atoms with Gasteiger partial charge in [0.05, 0.1) is 22.1 Å². The van der Waals surface area contributed by atoms with Crippen LogP contribution >= 0.6 is 22.7 Å². The molecule has 14 aromatic rings. The van der Waals surface area contributed by atoms with E-state index in [-0.39, 0.29) is 0 Å². The average Bonchev–Trinajstić information content (AvgIpc) is 4.11. The fourth-order valence-corrected chi connectivity index (χ4v) is 12.3. The Labute approximate surface area is 374 Å². The van der Waals surface area contributed by atoms with Crippen molar-refractivity contribution in [3.8, 4) is 45.5 Å². The zero-order valence-corrected chi connectivity index (χ0v) is 35.7. The molecule has 0 saturated carbocycles. The number of thiophene rings is 2. The van der Waals surface area contributed by atoms with Crippen LogP contribution in [0.5, 0.6) is 0 Å². The molecule has 0 aliphatic heterocycles. The molecule has 0 N–H and O–H groups in total. The number of hydrogen-bond donors (Lipinski definition) is 0. The quantitative estimate of drug-likeness (QED) is 0.173. The Bertz CT molecular complexity index is 4060. The molecule has 298 valence electrons. The maximum Gasteiger partial charge on any atom is 0.165 e. The highest BCUT2D eigenvalue weighted by Crippen LogP contribution is 2.43. The summed E-state index contributed by atoms with van der Waals surface area (Å²) >= 11 is 3.59. The minimum absolute atomic E-state index is 0.638. The number of aromatic nitrogens is 5. The van der Waals surface area contributed by atoms with Crippen LogP contribution in [0.4, 0.5) is 0 Å². The molecule has 0 radical (unpaired) electrons. The van der Waals surface area contributed by atoms with Gasteiger partial charge in [0.25, 0.3) is 0 Å². The van der Waals surface area contributed by atoms with Gasteiger partial charge in [-0.05, 0) is 84.9 Å². The molecular weight excluding hydrogens is 819 g/mol. The van der Waals surface area contributed by atoms with E-state index in [1.165, 1.54) is 72.9 Å². The highest BCUT2D eigenvalue weighted by Gasteiger charge is 2.21. The van der Waals surface area contributed by atoms with E-state index < -0.39 is 0 Å². The second kappa shape index (κ2) is 13.8. The fourth-order valence-electron chi connectivity index (χ4n) is 9.92. The predicted molar refractivity (Wildman–Crippen MR) is 271 cm³/mol. The first-order valence-corrected chi connectivity index (χ1v) is 23.1. The van der Waals surface area contributed by atoms with Gasteiger partial charge in [-0.25, -0.2) is 15.0 Å². The molecular formula is C57H33N5S2. The number of hydrogen-bond acceptors (Lipinski definition) is 5. The van der Waals surface area contributed by atoms with Crippen LogP contribution in [0.3, 0.4) is 0 Å². The van der Waals surface area contributed by atoms with Gasteiger partial charge in [0.1, 0.15) is 0 Å². The summed E-state index contributed by atoms with van der Waals surface area (Å²) in [7, 11) is 0. The van der Waals surface area contributed by atoms with Crippen molar-refractivity contribution >= 4 is 107 Å². The molecule has 5 aromatic heterocycles. The molecule has 0 saturated heterocycles. The Kier molecular flexibility index (Phi) is 7.66. The monoisotopic (exact) mass is 851 g/mol. The molecule has 0 amide bonds. The first-order chi connectivity index (χ1) is 31.7. The van der Waals surface area contributed by atoms with Crippen molar-refractivity contribution in [1.29, 1.82) is 0 Å². The first-order valence-electron chi connectivity index (χ1n) is 21.4. The summed E-state index contributed by atoms with van der Waals surface area (Å²) < 4.78 is 9.64. The highest BCUT2D eigenvalue weighted by atomic mass is 32.1. The summed E-state index contributed by atoms with van der Waals surface area (Å²) in [6, 6.07) is 71.9. The SMILES string of the molecule is c1ccc(-n2c3ccccc3c3cc4c5ccccc5n(-c5ccc(-c6nc(-c7cccc8c7sc7ccccc78)nc(-c7cccc8c7sc7ccccc78)n6)cc5)c4cc32)cc1. The molecule has 5 nitrogen and oxygen atoms in total. The van der Waals surface area contributed by atoms with Crippen LogP contribution in [0.1, 0.15) is 0 Å². The lowest BCUT2D eigenvalue weighted by atomic mass is 10.1. The fraction of sp³-hybridized carbons (Fsp3) is 0. The van der Waals surface area contributed by atoms with Crippen LogP contribution in [0, 0.1) is 0 Å². The van der Waals surface area contributed by atoms with E-state index in [9.17, 15) is 0 Å². The predicted octanol–water partition coefficient (Wildman–Crippen LogP) is 15.8. The summed E-state index contributed by atoms with van der Waals surface area (Å²) in [5.41, 5.74) is 9.83. The zero-order valence-electron chi connectivity index (χ0n) is 34.1. The molecule has 9 aromatic carbocycles. The Morgan fingerprint density at radius 2 is 0.734 bits per heavy atom. The third-order valence-corrected chi connectivity index (χ3v) is 15.2. The van der Waals surface area contributed by atoms with Crippen molar-refractivity contribution in [2.75, 3.05) is 0 Å². The highest BCUT2D eigenvalue weighted by molar-refractivity contribution is 7.26. The third kappa shape index (κ3) is 5.26. The minimum Gasteiger partial charge on any atom is -0.309 e. The van der Waals surface area contributed by atoms with Crippen LogP contribution in [-0.2, 0) is 0 Å². The van der Waals surface area contributed by atoms with Gasteiger partial charge in [0, 0.05) is 90.0 Å². The van der Waals surface area contributed by atoms with E-state index in [1.807, 2.05) is 0 Å². The van der Waals surface area contributed by atoms with E-state index in [2.05, 4.69) is 209 Å². The molecule has 0 aliphatic rings. The lowest BCUT2D eigenvalue weighted by Crippen LogP contribution is -2.01. The molecule has 0 aliphatic carbocycles. The Hall–Kier alpha value is -7.97. The second-order valence-corrected chi connectivity index (χ2v) is 18.4. The average molecular weight is 852 g/mol. The van der Waals surface area contributed by atoms with Crippen molar-refractivity contribution < 1.29 is 0 Å². The smallest absolute Gasteiger partial charge is 0.165 e. The second-order valence-electron chi connectivity index (χ2n) is 16.3. The standard InChI is InChI=1S/C57H33N5S2/c1-2-14-35(15-3-1)61-47-24-8-4-16-37(47)45-32-46-38-17-5-9-25-48(38)62(50(46)33-49(45)61)36-30-28-34(29-31-36)55-58-56(43-22-12-20-41-39-18-6-10-26-51(39)63-53(41)43)60-57(59-55)44-23-13-21-42-40-19-7-11-27-52(40)64-54(42)44/h1-33H. The van der Waals surface area contributed by atoms with E-state index >= 15 is 0 Å². The van der Waals surface area contributed by atoms with Crippen LogP contribution in [0.25, 0.3) is 129 Å². The number of benzene rings is 9. The third-order valence-electron chi connectivity index (χ3n) is 12.8. The summed E-state index contributed by atoms with van der Waals surface area (Å²) in [6.07, 6.45) is 0. The van der Waals surface area contributed by atoms with E-state index in [4.69, 9.17) is 15.0 Å². The van der Waals surface area contributed by atoms with Gasteiger partial charge >= 0.3 is 0 Å². The van der Waals surface area contributed by atoms with Crippen LogP contribution in [-0.4, -0.2) is 24.1 Å². The summed E-state index contributed by atoms with van der Waals surface area (Å²) in [5.74, 6) is 1.97. The van der Waals surface area contributed by atoms with Gasteiger partial charge in [-0.2, -0.15) is 0 Å². The molecule has 0 atom stereocenters. The number of rotatable bonds is 5. The molecule has 7 heteroatoms. The Balaban J connectivity index is 0.971.